The molecular weight excluding hydrogens is 773 g/mol. The van der Waals surface area contributed by atoms with Crippen LogP contribution in [-0.2, 0) is 25.7 Å². The molecule has 0 saturated heterocycles. The van der Waals surface area contributed by atoms with Gasteiger partial charge < -0.3 is 0 Å². The highest BCUT2D eigenvalue weighted by atomic mass is 15.0. The second-order valence-electron chi connectivity index (χ2n) is 19.8. The molecule has 0 fully saturated rings. The van der Waals surface area contributed by atoms with E-state index >= 15 is 0 Å². The molecule has 0 radical (unpaired) electrons. The van der Waals surface area contributed by atoms with E-state index in [0.29, 0.717) is 0 Å². The molecule has 0 unspecified atom stereocenters. The monoisotopic (exact) mass is 830 g/mol. The van der Waals surface area contributed by atoms with Gasteiger partial charge in [-0.2, -0.15) is 0 Å². The van der Waals surface area contributed by atoms with Gasteiger partial charge in [-0.3, -0.25) is 9.98 Å². The molecule has 0 spiro atoms. The third-order valence-electron chi connectivity index (χ3n) is 15.9. The summed E-state index contributed by atoms with van der Waals surface area (Å²) in [6.45, 7) is 11.7. The molecule has 0 atom stereocenters. The lowest BCUT2D eigenvalue weighted by Crippen LogP contribution is -2.25. The van der Waals surface area contributed by atoms with Gasteiger partial charge in [0, 0.05) is 21.5 Å². The Kier molecular flexibility index (Phi) is 8.79. The van der Waals surface area contributed by atoms with Crippen molar-refractivity contribution in [3.63, 3.8) is 0 Å². The fraction of sp³-hybridized carbons (Fsp3) is 0.323. The molecule has 12 aromatic carbocycles. The Morgan fingerprint density at radius 1 is 0.328 bits per heavy atom. The summed E-state index contributed by atoms with van der Waals surface area (Å²) in [7, 11) is 0. The van der Waals surface area contributed by atoms with Crippen molar-refractivity contribution in [2.24, 2.45) is 9.98 Å². The average molecular weight is 831 g/mol. The molecule has 316 valence electrons. The summed E-state index contributed by atoms with van der Waals surface area (Å²) in [6.07, 6.45) is 15.8. The molecule has 2 heteroatoms. The van der Waals surface area contributed by atoms with E-state index in [0.717, 1.165) is 49.2 Å². The lowest BCUT2D eigenvalue weighted by molar-refractivity contribution is 0.629. The molecule has 1 heterocycles. The predicted octanol–water partition coefficient (Wildman–Crippen LogP) is 16.9. The molecule has 1 aliphatic rings. The number of fused-ring (bicyclic) bond motifs is 12. The molecule has 0 N–H and O–H groups in total. The molecule has 0 aliphatic carbocycles. The summed E-state index contributed by atoms with van der Waals surface area (Å²) in [5, 5.41) is 33.4. The van der Waals surface area contributed by atoms with E-state index in [4.69, 9.17) is 9.98 Å². The zero-order chi connectivity index (χ0) is 43.0. The maximum absolute atomic E-state index is 5.72. The van der Waals surface area contributed by atoms with Crippen molar-refractivity contribution in [1.29, 1.82) is 0 Å². The standard InChI is InChI=1S/C62H58N2/c1-6-11-18-34-26-28-38-40-22-15-24-42-51(40)53-46(44(38)30-34)32-36(20-13-8-3)49-50-37(21-14-9-4)33-47-45-31-35(19-12-7-2)27-29-39(45)41-23-16-25-43-52(41)54(47)58(50)60-56(43)62-61(55(42)59(60)57(49)53)63-48(64-62)17-10-5/h15-16,22-33,48H,6-14,17-21H2,1-5H3. The van der Waals surface area contributed by atoms with Gasteiger partial charge in [0.15, 0.2) is 0 Å². The van der Waals surface area contributed by atoms with Gasteiger partial charge in [-0.1, -0.05) is 140 Å². The van der Waals surface area contributed by atoms with Crippen LogP contribution in [0.25, 0.3) is 118 Å². The van der Waals surface area contributed by atoms with Crippen molar-refractivity contribution in [2.45, 2.75) is 131 Å². The average Bonchev–Trinajstić information content (AvgIpc) is 3.75. The van der Waals surface area contributed by atoms with Gasteiger partial charge in [0.1, 0.15) is 6.17 Å². The third kappa shape index (κ3) is 5.09. The number of benzene rings is 12. The smallest absolute Gasteiger partial charge is 0.141 e. The molecule has 64 heavy (non-hydrogen) atoms. The maximum Gasteiger partial charge on any atom is 0.141 e. The molecular formula is C62H58N2. The zero-order valence-corrected chi connectivity index (χ0v) is 38.5. The minimum absolute atomic E-state index is 0.0698. The van der Waals surface area contributed by atoms with Gasteiger partial charge in [-0.05, 0) is 189 Å². The zero-order valence-electron chi connectivity index (χ0n) is 38.5. The van der Waals surface area contributed by atoms with Crippen molar-refractivity contribution < 1.29 is 0 Å². The Balaban J connectivity index is 1.38. The normalized spacial score (nSPS) is 13.8. The van der Waals surface area contributed by atoms with Crippen LogP contribution in [0.4, 0.5) is 0 Å². The van der Waals surface area contributed by atoms with Crippen molar-refractivity contribution in [3.8, 4) is 0 Å². The first kappa shape index (κ1) is 38.6. The van der Waals surface area contributed by atoms with Crippen LogP contribution in [0.1, 0.15) is 121 Å². The molecule has 2 nitrogen and oxygen atoms in total. The van der Waals surface area contributed by atoms with Gasteiger partial charge in [0.25, 0.3) is 0 Å². The number of nitrogens with zero attached hydrogens (tertiary/aromatic N) is 2. The van der Waals surface area contributed by atoms with Crippen LogP contribution in [0, 0.1) is 0 Å². The van der Waals surface area contributed by atoms with E-state index < -0.39 is 0 Å². The minimum Gasteiger partial charge on any atom is -0.256 e. The van der Waals surface area contributed by atoms with Crippen LogP contribution in [0.3, 0.4) is 0 Å². The molecule has 0 saturated carbocycles. The van der Waals surface area contributed by atoms with E-state index in [1.54, 1.807) is 0 Å². The number of aryl methyl sites for hydroxylation is 4. The Morgan fingerprint density at radius 3 is 1.19 bits per heavy atom. The van der Waals surface area contributed by atoms with Crippen LogP contribution >= 0.6 is 0 Å². The van der Waals surface area contributed by atoms with Crippen LogP contribution in [-0.4, -0.2) is 6.17 Å². The minimum atomic E-state index is -0.0698. The van der Waals surface area contributed by atoms with Gasteiger partial charge in [0.05, 0.1) is 10.7 Å². The Labute approximate surface area is 375 Å². The quantitative estimate of drug-likeness (QED) is 0.0770. The summed E-state index contributed by atoms with van der Waals surface area (Å²) >= 11 is 0. The van der Waals surface area contributed by atoms with E-state index in [9.17, 15) is 0 Å². The highest BCUT2D eigenvalue weighted by molar-refractivity contribution is 6.54. The van der Waals surface area contributed by atoms with Crippen molar-refractivity contribution in [1.82, 2.24) is 0 Å². The molecule has 0 amide bonds. The second-order valence-corrected chi connectivity index (χ2v) is 19.8. The highest BCUT2D eigenvalue weighted by Crippen LogP contribution is 2.56. The van der Waals surface area contributed by atoms with Crippen LogP contribution in [0.15, 0.2) is 94.9 Å². The first-order valence-corrected chi connectivity index (χ1v) is 25.2. The first-order chi connectivity index (χ1) is 31.6. The molecule has 1 aliphatic heterocycles. The fourth-order valence-electron chi connectivity index (χ4n) is 13.0. The Bertz CT molecular complexity index is 3710. The third-order valence-corrected chi connectivity index (χ3v) is 15.9. The molecule has 13 rings (SSSR count). The van der Waals surface area contributed by atoms with Crippen LogP contribution in [0.2, 0.25) is 0 Å². The van der Waals surface area contributed by atoms with Crippen molar-refractivity contribution in [3.05, 3.63) is 118 Å². The number of hydrogen-bond donors (Lipinski definition) is 0. The lowest BCUT2D eigenvalue weighted by Gasteiger charge is -2.28. The van der Waals surface area contributed by atoms with Gasteiger partial charge >= 0.3 is 0 Å². The van der Waals surface area contributed by atoms with Gasteiger partial charge in [-0.25, -0.2) is 0 Å². The van der Waals surface area contributed by atoms with E-state index in [-0.39, 0.29) is 6.17 Å². The van der Waals surface area contributed by atoms with Gasteiger partial charge in [-0.15, -0.1) is 0 Å². The van der Waals surface area contributed by atoms with E-state index in [2.05, 4.69) is 120 Å². The maximum atomic E-state index is 5.72. The second kappa shape index (κ2) is 14.6. The van der Waals surface area contributed by atoms with Crippen molar-refractivity contribution >= 4 is 118 Å². The lowest BCUT2D eigenvalue weighted by atomic mass is 9.74. The molecule has 0 bridgehead atoms. The summed E-state index contributed by atoms with van der Waals surface area (Å²) < 4.78 is 0. The molecule has 0 aromatic heterocycles. The van der Waals surface area contributed by atoms with Crippen LogP contribution in [0.5, 0.6) is 0 Å². The first-order valence-electron chi connectivity index (χ1n) is 25.2. The predicted molar refractivity (Wildman–Crippen MR) is 279 cm³/mol. The SMILES string of the molecule is CCCCc1ccc2c(c1)c1cc(CCCC)c3c4c(CCCC)cc5c6cc(CCCC)ccc6c6cccc7c8c9c(c%10c%11cccc2c%11c1c3c%10c8c4c5c67)=NC(CCC)N=9. The summed E-state index contributed by atoms with van der Waals surface area (Å²) in [5.74, 6) is 0. The number of unbranched alkanes of at least 4 members (excludes halogenated alkanes) is 4. The van der Waals surface area contributed by atoms with E-state index in [1.807, 2.05) is 0 Å². The summed E-state index contributed by atoms with van der Waals surface area (Å²) in [4.78, 5) is 11.4. The number of hydrogen-bond acceptors (Lipinski definition) is 2. The van der Waals surface area contributed by atoms with Gasteiger partial charge in [0.2, 0.25) is 0 Å². The summed E-state index contributed by atoms with van der Waals surface area (Å²) in [5.41, 5.74) is 5.97. The van der Waals surface area contributed by atoms with Crippen molar-refractivity contribution in [2.75, 3.05) is 0 Å². The van der Waals surface area contributed by atoms with E-state index in [1.165, 1.54) is 192 Å². The summed E-state index contributed by atoms with van der Waals surface area (Å²) in [6, 6.07) is 34.6. The topological polar surface area (TPSA) is 24.7 Å². The molecule has 12 aromatic rings. The fourth-order valence-corrected chi connectivity index (χ4v) is 13.0. The van der Waals surface area contributed by atoms with Crippen LogP contribution < -0.4 is 10.7 Å². The Hall–Kier alpha value is -5.86. The highest BCUT2D eigenvalue weighted by Gasteiger charge is 2.32. The largest absolute Gasteiger partial charge is 0.256 e. The number of rotatable bonds is 14. The Morgan fingerprint density at radius 2 is 0.750 bits per heavy atom.